The fourth-order valence-corrected chi connectivity index (χ4v) is 2.37. The first kappa shape index (κ1) is 17.5. The van der Waals surface area contributed by atoms with E-state index in [-0.39, 0.29) is 5.91 Å². The van der Waals surface area contributed by atoms with Gasteiger partial charge >= 0.3 is 6.03 Å². The van der Waals surface area contributed by atoms with Gasteiger partial charge in [-0.2, -0.15) is 0 Å². The van der Waals surface area contributed by atoms with Crippen LogP contribution in [0.1, 0.15) is 30.9 Å². The summed E-state index contributed by atoms with van der Waals surface area (Å²) in [5, 5.41) is 5.31. The number of hydrogen-bond donors (Lipinski definition) is 3. The van der Waals surface area contributed by atoms with Crippen molar-refractivity contribution in [3.8, 4) is 0 Å². The molecule has 0 fully saturated rings. The molecule has 0 spiro atoms. The van der Waals surface area contributed by atoms with E-state index in [4.69, 9.17) is 5.73 Å². The van der Waals surface area contributed by atoms with Crippen molar-refractivity contribution in [3.05, 3.63) is 59.7 Å². The van der Waals surface area contributed by atoms with Gasteiger partial charge in [0, 0.05) is 11.4 Å². The predicted octanol–water partition coefficient (Wildman–Crippen LogP) is 3.70. The van der Waals surface area contributed by atoms with Gasteiger partial charge in [0.1, 0.15) is 0 Å². The lowest BCUT2D eigenvalue weighted by atomic mass is 10.0. The van der Waals surface area contributed by atoms with Crippen LogP contribution in [0.5, 0.6) is 0 Å². The predicted molar refractivity (Wildman–Crippen MR) is 97.0 cm³/mol. The molecule has 0 aliphatic heterocycles. The molecule has 24 heavy (non-hydrogen) atoms. The van der Waals surface area contributed by atoms with Gasteiger partial charge < -0.3 is 16.4 Å². The van der Waals surface area contributed by atoms with Gasteiger partial charge in [-0.3, -0.25) is 4.79 Å². The van der Waals surface area contributed by atoms with Gasteiger partial charge in [0.15, 0.2) is 0 Å². The number of benzene rings is 2. The smallest absolute Gasteiger partial charge is 0.316 e. The van der Waals surface area contributed by atoms with Crippen LogP contribution < -0.4 is 16.4 Å². The van der Waals surface area contributed by atoms with Crippen LogP contribution >= 0.6 is 0 Å². The molecule has 126 valence electrons. The lowest BCUT2D eigenvalue weighted by molar-refractivity contribution is -0.115. The van der Waals surface area contributed by atoms with E-state index in [9.17, 15) is 9.59 Å². The van der Waals surface area contributed by atoms with Crippen molar-refractivity contribution in [1.29, 1.82) is 0 Å². The number of unbranched alkanes of at least 4 members (excludes halogenated alkanes) is 1. The molecule has 0 aromatic heterocycles. The van der Waals surface area contributed by atoms with Crippen LogP contribution in [0.15, 0.2) is 48.5 Å². The minimum atomic E-state index is -0.617. The van der Waals surface area contributed by atoms with Crippen LogP contribution in [0, 0.1) is 0 Å². The maximum absolute atomic E-state index is 12.1. The van der Waals surface area contributed by atoms with Crippen molar-refractivity contribution in [2.45, 2.75) is 32.6 Å². The molecule has 4 N–H and O–H groups in total. The molecule has 0 unspecified atom stereocenters. The standard InChI is InChI=1S/C19H23N3O2/c1-2-3-4-14-5-7-15(8-6-14)13-18(23)21-16-9-11-17(12-10-16)22-19(20)24/h5-12H,2-4,13H2,1H3,(H,21,23)(H3,20,22,24). The molecule has 0 saturated carbocycles. The normalized spacial score (nSPS) is 10.2. The van der Waals surface area contributed by atoms with Crippen molar-refractivity contribution in [2.24, 2.45) is 5.73 Å². The summed E-state index contributed by atoms with van der Waals surface area (Å²) in [7, 11) is 0. The molecular formula is C19H23N3O2. The summed E-state index contributed by atoms with van der Waals surface area (Å²) < 4.78 is 0. The highest BCUT2D eigenvalue weighted by Gasteiger charge is 2.05. The Kier molecular flexibility index (Phi) is 6.37. The number of hydrogen-bond acceptors (Lipinski definition) is 2. The number of anilines is 2. The molecule has 0 saturated heterocycles. The third kappa shape index (κ3) is 5.76. The lowest BCUT2D eigenvalue weighted by Crippen LogP contribution is -2.19. The number of amides is 3. The number of aryl methyl sites for hydroxylation is 1. The Labute approximate surface area is 142 Å². The molecule has 0 aliphatic rings. The van der Waals surface area contributed by atoms with E-state index in [0.29, 0.717) is 17.8 Å². The lowest BCUT2D eigenvalue weighted by Gasteiger charge is -2.07. The van der Waals surface area contributed by atoms with Crippen LogP contribution in [-0.4, -0.2) is 11.9 Å². The Morgan fingerprint density at radius 3 is 1.96 bits per heavy atom. The Bertz CT molecular complexity index is 679. The number of nitrogens with one attached hydrogen (secondary N) is 2. The second-order valence-electron chi connectivity index (χ2n) is 5.71. The maximum atomic E-state index is 12.1. The fourth-order valence-electron chi connectivity index (χ4n) is 2.37. The van der Waals surface area contributed by atoms with Crippen molar-refractivity contribution in [3.63, 3.8) is 0 Å². The largest absolute Gasteiger partial charge is 0.351 e. The number of primary amides is 1. The summed E-state index contributed by atoms with van der Waals surface area (Å²) in [6, 6.07) is 14.4. The van der Waals surface area contributed by atoms with Gasteiger partial charge in [-0.1, -0.05) is 37.6 Å². The monoisotopic (exact) mass is 325 g/mol. The van der Waals surface area contributed by atoms with Crippen LogP contribution in [0.2, 0.25) is 0 Å². The van der Waals surface area contributed by atoms with Gasteiger partial charge in [-0.15, -0.1) is 0 Å². The first-order chi connectivity index (χ1) is 11.6. The molecule has 0 heterocycles. The quantitative estimate of drug-likeness (QED) is 0.725. The summed E-state index contributed by atoms with van der Waals surface area (Å²) in [6.45, 7) is 2.18. The molecule has 0 radical (unpaired) electrons. The average Bonchev–Trinajstić information content (AvgIpc) is 2.55. The first-order valence-electron chi connectivity index (χ1n) is 8.11. The topological polar surface area (TPSA) is 84.2 Å². The molecule has 3 amide bonds. The fraction of sp³-hybridized carbons (Fsp3) is 0.263. The highest BCUT2D eigenvalue weighted by Crippen LogP contribution is 2.14. The van der Waals surface area contributed by atoms with E-state index in [1.54, 1.807) is 24.3 Å². The van der Waals surface area contributed by atoms with Crippen molar-refractivity contribution in [1.82, 2.24) is 0 Å². The van der Waals surface area contributed by atoms with Crippen molar-refractivity contribution >= 4 is 23.3 Å². The minimum Gasteiger partial charge on any atom is -0.351 e. The third-order valence-corrected chi connectivity index (χ3v) is 3.64. The van der Waals surface area contributed by atoms with E-state index in [1.165, 1.54) is 18.4 Å². The Morgan fingerprint density at radius 2 is 1.42 bits per heavy atom. The number of nitrogens with two attached hydrogens (primary N) is 1. The van der Waals surface area contributed by atoms with E-state index >= 15 is 0 Å². The average molecular weight is 325 g/mol. The molecule has 0 bridgehead atoms. The zero-order chi connectivity index (χ0) is 17.4. The number of urea groups is 1. The van der Waals surface area contributed by atoms with Crippen LogP contribution in [0.4, 0.5) is 16.2 Å². The number of carbonyl (C=O) groups excluding carboxylic acids is 2. The molecule has 2 aromatic carbocycles. The molecular weight excluding hydrogens is 302 g/mol. The zero-order valence-electron chi connectivity index (χ0n) is 13.8. The summed E-state index contributed by atoms with van der Waals surface area (Å²) in [5.74, 6) is -0.0769. The first-order valence-corrected chi connectivity index (χ1v) is 8.11. The molecule has 5 heteroatoms. The summed E-state index contributed by atoms with van der Waals surface area (Å²) in [4.78, 5) is 22.9. The molecule has 2 aromatic rings. The third-order valence-electron chi connectivity index (χ3n) is 3.64. The Hall–Kier alpha value is -2.82. The second kappa shape index (κ2) is 8.72. The summed E-state index contributed by atoms with van der Waals surface area (Å²) in [6.07, 6.45) is 3.77. The number of carbonyl (C=O) groups is 2. The molecule has 5 nitrogen and oxygen atoms in total. The van der Waals surface area contributed by atoms with Crippen molar-refractivity contribution < 1.29 is 9.59 Å². The van der Waals surface area contributed by atoms with Gasteiger partial charge in [-0.25, -0.2) is 4.79 Å². The molecule has 0 atom stereocenters. The highest BCUT2D eigenvalue weighted by atomic mass is 16.2. The van der Waals surface area contributed by atoms with Gasteiger partial charge in [0.05, 0.1) is 6.42 Å². The SMILES string of the molecule is CCCCc1ccc(CC(=O)Nc2ccc(NC(N)=O)cc2)cc1. The Balaban J connectivity index is 1.87. The van der Waals surface area contributed by atoms with E-state index < -0.39 is 6.03 Å². The molecule has 2 rings (SSSR count). The number of rotatable bonds is 7. The highest BCUT2D eigenvalue weighted by molar-refractivity contribution is 5.93. The van der Waals surface area contributed by atoms with Gasteiger partial charge in [-0.05, 0) is 48.2 Å². The summed E-state index contributed by atoms with van der Waals surface area (Å²) in [5.41, 5.74) is 8.60. The minimum absolute atomic E-state index is 0.0769. The maximum Gasteiger partial charge on any atom is 0.316 e. The second-order valence-corrected chi connectivity index (χ2v) is 5.71. The zero-order valence-corrected chi connectivity index (χ0v) is 13.8. The van der Waals surface area contributed by atoms with Crippen LogP contribution in [-0.2, 0) is 17.6 Å². The van der Waals surface area contributed by atoms with Gasteiger partial charge in [0.25, 0.3) is 0 Å². The van der Waals surface area contributed by atoms with Crippen LogP contribution in [0.3, 0.4) is 0 Å². The van der Waals surface area contributed by atoms with Gasteiger partial charge in [0.2, 0.25) is 5.91 Å². The molecule has 0 aliphatic carbocycles. The summed E-state index contributed by atoms with van der Waals surface area (Å²) >= 11 is 0. The van der Waals surface area contributed by atoms with Crippen LogP contribution in [0.25, 0.3) is 0 Å². The Morgan fingerprint density at radius 1 is 0.875 bits per heavy atom. The van der Waals surface area contributed by atoms with E-state index in [1.807, 2.05) is 12.1 Å². The van der Waals surface area contributed by atoms with E-state index in [2.05, 4.69) is 29.7 Å². The van der Waals surface area contributed by atoms with Crippen molar-refractivity contribution in [2.75, 3.05) is 10.6 Å². The van der Waals surface area contributed by atoms with E-state index in [0.717, 1.165) is 12.0 Å².